The summed E-state index contributed by atoms with van der Waals surface area (Å²) in [6.45, 7) is 1.45. The van der Waals surface area contributed by atoms with Crippen molar-refractivity contribution in [2.45, 2.75) is 38.2 Å². The molecule has 7 heteroatoms. The number of hydrogen-bond donors (Lipinski definition) is 1. The molecule has 0 radical (unpaired) electrons. The average molecular weight is 261 g/mol. The molecule has 0 aliphatic rings. The van der Waals surface area contributed by atoms with Crippen molar-refractivity contribution in [3.63, 3.8) is 0 Å². The SMILES string of the molecule is C#CCCC(NCC)C(C(F)(F)F)C(F)(F)F. The van der Waals surface area contributed by atoms with Crippen LogP contribution in [0.15, 0.2) is 0 Å². The smallest absolute Gasteiger partial charge is 0.313 e. The molecular formula is C10H13F6N. The van der Waals surface area contributed by atoms with Crippen molar-refractivity contribution in [3.05, 3.63) is 0 Å². The highest BCUT2D eigenvalue weighted by molar-refractivity contribution is 4.91. The Balaban J connectivity index is 5.03. The molecule has 0 rings (SSSR count). The zero-order chi connectivity index (χ0) is 13.7. The highest BCUT2D eigenvalue weighted by Crippen LogP contribution is 2.42. The summed E-state index contributed by atoms with van der Waals surface area (Å²) in [5.41, 5.74) is 0. The fourth-order valence-corrected chi connectivity index (χ4v) is 1.53. The minimum Gasteiger partial charge on any atom is -0.313 e. The molecule has 1 unspecified atom stereocenters. The van der Waals surface area contributed by atoms with Crippen LogP contribution in [0.2, 0.25) is 0 Å². The van der Waals surface area contributed by atoms with Crippen molar-refractivity contribution < 1.29 is 26.3 Å². The van der Waals surface area contributed by atoms with E-state index in [1.54, 1.807) is 0 Å². The van der Waals surface area contributed by atoms with Crippen LogP contribution in [0.3, 0.4) is 0 Å². The maximum Gasteiger partial charge on any atom is 0.401 e. The summed E-state index contributed by atoms with van der Waals surface area (Å²) in [5.74, 6) is -1.35. The maximum atomic E-state index is 12.4. The fourth-order valence-electron chi connectivity index (χ4n) is 1.53. The molecule has 0 aromatic heterocycles. The van der Waals surface area contributed by atoms with Gasteiger partial charge in [0.1, 0.15) is 0 Å². The molecule has 0 fully saturated rings. The lowest BCUT2D eigenvalue weighted by molar-refractivity contribution is -0.292. The van der Waals surface area contributed by atoms with Gasteiger partial charge in [0.25, 0.3) is 0 Å². The van der Waals surface area contributed by atoms with E-state index >= 15 is 0 Å². The van der Waals surface area contributed by atoms with Crippen molar-refractivity contribution in [1.82, 2.24) is 5.32 Å². The van der Waals surface area contributed by atoms with Gasteiger partial charge in [0.05, 0.1) is 0 Å². The zero-order valence-electron chi connectivity index (χ0n) is 9.12. The van der Waals surface area contributed by atoms with E-state index in [1.807, 2.05) is 5.92 Å². The third-order valence-electron chi connectivity index (χ3n) is 2.17. The minimum absolute atomic E-state index is 0.0118. The van der Waals surface area contributed by atoms with Crippen LogP contribution in [0.4, 0.5) is 26.3 Å². The van der Waals surface area contributed by atoms with Crippen LogP contribution in [0, 0.1) is 18.3 Å². The first-order valence-corrected chi connectivity index (χ1v) is 4.94. The van der Waals surface area contributed by atoms with Gasteiger partial charge in [0, 0.05) is 12.5 Å². The van der Waals surface area contributed by atoms with E-state index in [2.05, 4.69) is 5.32 Å². The first-order valence-electron chi connectivity index (χ1n) is 4.94. The quantitative estimate of drug-likeness (QED) is 0.592. The molecule has 0 bridgehead atoms. The van der Waals surface area contributed by atoms with Gasteiger partial charge in [-0.05, 0) is 13.0 Å². The Morgan fingerprint density at radius 1 is 1.12 bits per heavy atom. The van der Waals surface area contributed by atoms with Gasteiger partial charge in [-0.15, -0.1) is 12.3 Å². The van der Waals surface area contributed by atoms with E-state index in [-0.39, 0.29) is 19.4 Å². The van der Waals surface area contributed by atoms with Gasteiger partial charge >= 0.3 is 12.4 Å². The summed E-state index contributed by atoms with van der Waals surface area (Å²) in [6, 6.07) is -1.74. The number of alkyl halides is 6. The van der Waals surface area contributed by atoms with E-state index in [4.69, 9.17) is 6.42 Å². The van der Waals surface area contributed by atoms with Crippen LogP contribution in [-0.4, -0.2) is 24.9 Å². The first-order chi connectivity index (χ1) is 7.64. The second kappa shape index (κ2) is 6.15. The van der Waals surface area contributed by atoms with Crippen LogP contribution in [0.5, 0.6) is 0 Å². The largest absolute Gasteiger partial charge is 0.401 e. The summed E-state index contributed by atoms with van der Waals surface area (Å²) < 4.78 is 74.4. The van der Waals surface area contributed by atoms with E-state index in [1.165, 1.54) is 6.92 Å². The van der Waals surface area contributed by atoms with Crippen molar-refractivity contribution in [2.24, 2.45) is 5.92 Å². The standard InChI is InChI=1S/C10H13F6N/c1-3-5-6-7(17-4-2)8(9(11,12)13)10(14,15)16/h1,7-8,17H,4-6H2,2H3. The molecular weight excluding hydrogens is 248 g/mol. The van der Waals surface area contributed by atoms with Crippen molar-refractivity contribution in [3.8, 4) is 12.3 Å². The average Bonchev–Trinajstić information content (AvgIpc) is 2.09. The van der Waals surface area contributed by atoms with Crippen molar-refractivity contribution in [2.75, 3.05) is 6.54 Å². The summed E-state index contributed by atoms with van der Waals surface area (Å²) in [5, 5.41) is 2.20. The van der Waals surface area contributed by atoms with Crippen LogP contribution in [0.25, 0.3) is 0 Å². The second-order valence-corrected chi connectivity index (χ2v) is 3.47. The predicted molar refractivity (Wildman–Crippen MR) is 51.1 cm³/mol. The number of terminal acetylenes is 1. The Hall–Kier alpha value is -0.900. The Labute approximate surface area is 95.6 Å². The third-order valence-corrected chi connectivity index (χ3v) is 2.17. The maximum absolute atomic E-state index is 12.4. The van der Waals surface area contributed by atoms with Crippen LogP contribution >= 0.6 is 0 Å². The molecule has 1 atom stereocenters. The van der Waals surface area contributed by atoms with E-state index in [9.17, 15) is 26.3 Å². The van der Waals surface area contributed by atoms with Gasteiger partial charge in [0.15, 0.2) is 5.92 Å². The first kappa shape index (κ1) is 16.1. The van der Waals surface area contributed by atoms with Gasteiger partial charge in [-0.25, -0.2) is 0 Å². The monoisotopic (exact) mass is 261 g/mol. The number of rotatable bonds is 5. The molecule has 0 saturated carbocycles. The molecule has 0 heterocycles. The summed E-state index contributed by atoms with van der Waals surface area (Å²) >= 11 is 0. The lowest BCUT2D eigenvalue weighted by atomic mass is 9.94. The lowest BCUT2D eigenvalue weighted by Crippen LogP contribution is -2.50. The molecule has 0 aromatic rings. The Morgan fingerprint density at radius 3 is 1.88 bits per heavy atom. The number of hydrogen-bond acceptors (Lipinski definition) is 1. The fraction of sp³-hybridized carbons (Fsp3) is 0.800. The van der Waals surface area contributed by atoms with E-state index < -0.39 is 24.3 Å². The number of halogens is 6. The van der Waals surface area contributed by atoms with Gasteiger partial charge < -0.3 is 5.32 Å². The second-order valence-electron chi connectivity index (χ2n) is 3.47. The molecule has 17 heavy (non-hydrogen) atoms. The topological polar surface area (TPSA) is 12.0 Å². The highest BCUT2D eigenvalue weighted by atomic mass is 19.4. The van der Waals surface area contributed by atoms with Gasteiger partial charge in [-0.2, -0.15) is 26.3 Å². The molecule has 0 spiro atoms. The highest BCUT2D eigenvalue weighted by Gasteiger charge is 2.59. The Bertz CT molecular complexity index is 247. The van der Waals surface area contributed by atoms with Gasteiger partial charge in [-0.3, -0.25) is 0 Å². The van der Waals surface area contributed by atoms with E-state index in [0.29, 0.717) is 0 Å². The van der Waals surface area contributed by atoms with Gasteiger partial charge in [-0.1, -0.05) is 6.92 Å². The van der Waals surface area contributed by atoms with Crippen molar-refractivity contribution >= 4 is 0 Å². The van der Waals surface area contributed by atoms with E-state index in [0.717, 1.165) is 0 Å². The minimum atomic E-state index is -5.33. The van der Waals surface area contributed by atoms with Crippen molar-refractivity contribution in [1.29, 1.82) is 0 Å². The molecule has 1 nitrogen and oxygen atoms in total. The van der Waals surface area contributed by atoms with Crippen LogP contribution in [-0.2, 0) is 0 Å². The molecule has 100 valence electrons. The summed E-state index contributed by atoms with van der Waals surface area (Å²) in [7, 11) is 0. The van der Waals surface area contributed by atoms with Gasteiger partial charge in [0.2, 0.25) is 0 Å². The Morgan fingerprint density at radius 2 is 1.59 bits per heavy atom. The molecule has 0 amide bonds. The number of nitrogens with one attached hydrogen (secondary N) is 1. The molecule has 0 aromatic carbocycles. The normalized spacial score (nSPS) is 14.8. The van der Waals surface area contributed by atoms with Crippen LogP contribution in [0.1, 0.15) is 19.8 Å². The lowest BCUT2D eigenvalue weighted by Gasteiger charge is -2.30. The molecule has 1 N–H and O–H groups in total. The summed E-state index contributed by atoms with van der Waals surface area (Å²) in [4.78, 5) is 0. The molecule has 0 aliphatic carbocycles. The third kappa shape index (κ3) is 5.31. The predicted octanol–water partition coefficient (Wildman–Crippen LogP) is 3.12. The summed E-state index contributed by atoms with van der Waals surface area (Å²) in [6.07, 6.45) is -6.32. The molecule has 0 saturated heterocycles. The molecule has 0 aliphatic heterocycles. The Kier molecular flexibility index (Phi) is 5.82. The van der Waals surface area contributed by atoms with Crippen LogP contribution < -0.4 is 5.32 Å². The zero-order valence-corrected chi connectivity index (χ0v) is 9.12.